The first-order valence-electron chi connectivity index (χ1n) is 9.93. The number of hydrogen-bond acceptors (Lipinski definition) is 6. The molecule has 0 aliphatic rings. The Morgan fingerprint density at radius 1 is 1.26 bits per heavy atom. The number of benzene rings is 2. The van der Waals surface area contributed by atoms with E-state index in [1.807, 2.05) is 12.1 Å². The van der Waals surface area contributed by atoms with Crippen molar-refractivity contribution in [3.8, 4) is 23.1 Å². The van der Waals surface area contributed by atoms with Gasteiger partial charge in [-0.1, -0.05) is 50.1 Å². The van der Waals surface area contributed by atoms with Gasteiger partial charge in [-0.2, -0.15) is 10.4 Å². The molecule has 1 aromatic heterocycles. The molecule has 0 saturated carbocycles. The number of anilines is 1. The number of rotatable bonds is 9. The van der Waals surface area contributed by atoms with Crippen molar-refractivity contribution in [2.75, 3.05) is 12.0 Å². The molecule has 0 fully saturated rings. The number of hydrogen-bond donors (Lipinski definition) is 2. The van der Waals surface area contributed by atoms with Gasteiger partial charge >= 0.3 is 0 Å². The van der Waals surface area contributed by atoms with E-state index in [0.29, 0.717) is 23.5 Å². The lowest BCUT2D eigenvalue weighted by molar-refractivity contribution is 0.305. The normalized spacial score (nSPS) is 10.7. The third-order valence-corrected chi connectivity index (χ3v) is 4.43. The van der Waals surface area contributed by atoms with E-state index in [0.717, 1.165) is 19.3 Å². The molecule has 3 aromatic rings. The van der Waals surface area contributed by atoms with Crippen molar-refractivity contribution in [2.24, 2.45) is 5.10 Å². The van der Waals surface area contributed by atoms with Crippen LogP contribution in [0, 0.1) is 17.1 Å². The molecular weight excluding hydrogens is 397 g/mol. The molecular formula is C23H22FN5O2. The first-order valence-corrected chi connectivity index (χ1v) is 9.93. The SMILES string of the molecule is CCCCCOc1ccc(F)cc1C=NNc1nc(-c2ccccc2)c(C#N)c(=O)[nH]1. The molecule has 0 atom stereocenters. The molecule has 2 aromatic carbocycles. The number of ether oxygens (including phenoxy) is 1. The number of unbranched alkanes of at least 4 members (excludes halogenated alkanes) is 2. The Hall–Kier alpha value is -3.99. The van der Waals surface area contributed by atoms with E-state index in [9.17, 15) is 14.4 Å². The summed E-state index contributed by atoms with van der Waals surface area (Å²) < 4.78 is 19.4. The second-order valence-electron chi connectivity index (χ2n) is 6.72. The van der Waals surface area contributed by atoms with E-state index in [2.05, 4.69) is 27.4 Å². The summed E-state index contributed by atoms with van der Waals surface area (Å²) in [7, 11) is 0. The topological polar surface area (TPSA) is 103 Å². The summed E-state index contributed by atoms with van der Waals surface area (Å²) in [5.74, 6) is 0.147. The highest BCUT2D eigenvalue weighted by atomic mass is 19.1. The Bertz CT molecular complexity index is 1150. The largest absolute Gasteiger partial charge is 0.493 e. The third kappa shape index (κ3) is 5.76. The zero-order valence-corrected chi connectivity index (χ0v) is 17.1. The van der Waals surface area contributed by atoms with Gasteiger partial charge in [-0.25, -0.2) is 14.8 Å². The van der Waals surface area contributed by atoms with Crippen molar-refractivity contribution < 1.29 is 9.13 Å². The number of aromatic amines is 1. The van der Waals surface area contributed by atoms with Gasteiger partial charge in [0.25, 0.3) is 5.56 Å². The number of nitrogens with one attached hydrogen (secondary N) is 2. The van der Waals surface area contributed by atoms with Crippen molar-refractivity contribution in [2.45, 2.75) is 26.2 Å². The Balaban J connectivity index is 1.82. The molecule has 0 saturated heterocycles. The van der Waals surface area contributed by atoms with E-state index >= 15 is 0 Å². The van der Waals surface area contributed by atoms with Crippen molar-refractivity contribution in [3.63, 3.8) is 0 Å². The van der Waals surface area contributed by atoms with Crippen LogP contribution in [0.1, 0.15) is 37.3 Å². The zero-order chi connectivity index (χ0) is 22.1. The molecule has 31 heavy (non-hydrogen) atoms. The number of nitriles is 1. The standard InChI is InChI=1S/C23H22FN5O2/c1-2-3-7-12-31-20-11-10-18(24)13-17(20)15-26-29-23-27-21(16-8-5-4-6-9-16)19(14-25)22(30)28-23/h4-6,8-11,13,15H,2-3,7,12H2,1H3,(H2,27,28,29,30). The average Bonchev–Trinajstić information content (AvgIpc) is 2.78. The van der Waals surface area contributed by atoms with Crippen molar-refractivity contribution >= 4 is 12.2 Å². The molecule has 0 bridgehead atoms. The fraction of sp³-hybridized carbons (Fsp3) is 0.217. The van der Waals surface area contributed by atoms with Gasteiger partial charge in [0.15, 0.2) is 0 Å². The van der Waals surface area contributed by atoms with Crippen LogP contribution in [-0.4, -0.2) is 22.8 Å². The number of halogens is 1. The third-order valence-electron chi connectivity index (χ3n) is 4.43. The number of aromatic nitrogens is 2. The molecule has 0 amide bonds. The van der Waals surface area contributed by atoms with Gasteiger partial charge in [0.05, 0.1) is 18.5 Å². The summed E-state index contributed by atoms with van der Waals surface area (Å²) in [6.45, 7) is 2.63. The average molecular weight is 419 g/mol. The molecule has 0 aliphatic carbocycles. The van der Waals surface area contributed by atoms with Crippen LogP contribution in [0.4, 0.5) is 10.3 Å². The molecule has 7 nitrogen and oxygen atoms in total. The minimum absolute atomic E-state index is 0.0564. The van der Waals surface area contributed by atoms with Crippen molar-refractivity contribution in [3.05, 3.63) is 75.8 Å². The lowest BCUT2D eigenvalue weighted by atomic mass is 10.1. The lowest BCUT2D eigenvalue weighted by Crippen LogP contribution is -2.16. The van der Waals surface area contributed by atoms with E-state index < -0.39 is 11.4 Å². The fourth-order valence-corrected chi connectivity index (χ4v) is 2.88. The predicted octanol–water partition coefficient (Wildman–Crippen LogP) is 4.46. The molecule has 0 radical (unpaired) electrons. The maximum Gasteiger partial charge on any atom is 0.270 e. The summed E-state index contributed by atoms with van der Waals surface area (Å²) in [6.07, 6.45) is 4.42. The van der Waals surface area contributed by atoms with Gasteiger partial charge in [-0.15, -0.1) is 0 Å². The minimum Gasteiger partial charge on any atom is -0.493 e. The number of H-pyrrole nitrogens is 1. The minimum atomic E-state index is -0.584. The van der Waals surface area contributed by atoms with Gasteiger partial charge in [-0.05, 0) is 24.6 Å². The second kappa shape index (κ2) is 10.7. The lowest BCUT2D eigenvalue weighted by Gasteiger charge is -2.09. The quantitative estimate of drug-likeness (QED) is 0.303. The Morgan fingerprint density at radius 2 is 2.06 bits per heavy atom. The van der Waals surface area contributed by atoms with Crippen LogP contribution in [0.15, 0.2) is 58.4 Å². The number of hydrazone groups is 1. The van der Waals surface area contributed by atoms with Crippen LogP contribution in [-0.2, 0) is 0 Å². The smallest absolute Gasteiger partial charge is 0.270 e. The van der Waals surface area contributed by atoms with Gasteiger partial charge in [-0.3, -0.25) is 9.78 Å². The van der Waals surface area contributed by atoms with Crippen LogP contribution in [0.3, 0.4) is 0 Å². The van der Waals surface area contributed by atoms with Crippen molar-refractivity contribution in [1.82, 2.24) is 9.97 Å². The van der Waals surface area contributed by atoms with Crippen molar-refractivity contribution in [1.29, 1.82) is 5.26 Å². The van der Waals surface area contributed by atoms with Gasteiger partial charge in [0.1, 0.15) is 23.2 Å². The highest BCUT2D eigenvalue weighted by Gasteiger charge is 2.13. The highest BCUT2D eigenvalue weighted by molar-refractivity contribution is 5.84. The van der Waals surface area contributed by atoms with Gasteiger partial charge in [0, 0.05) is 11.1 Å². The van der Waals surface area contributed by atoms with Crippen LogP contribution in [0.5, 0.6) is 5.75 Å². The summed E-state index contributed by atoms with van der Waals surface area (Å²) in [6, 6.07) is 15.0. The van der Waals surface area contributed by atoms with Crippen LogP contribution < -0.4 is 15.7 Å². The fourth-order valence-electron chi connectivity index (χ4n) is 2.88. The maximum atomic E-state index is 13.7. The van der Waals surface area contributed by atoms with Crippen LogP contribution >= 0.6 is 0 Å². The summed E-state index contributed by atoms with van der Waals surface area (Å²) in [5.41, 5.74) is 3.28. The first-order chi connectivity index (χ1) is 15.1. The summed E-state index contributed by atoms with van der Waals surface area (Å²) in [4.78, 5) is 19.1. The van der Waals surface area contributed by atoms with E-state index in [4.69, 9.17) is 4.74 Å². The first kappa shape index (κ1) is 21.7. The van der Waals surface area contributed by atoms with Gasteiger partial charge in [0.2, 0.25) is 5.95 Å². The molecule has 2 N–H and O–H groups in total. The Labute approximate surface area is 179 Å². The molecule has 1 heterocycles. The Morgan fingerprint density at radius 3 is 2.81 bits per heavy atom. The molecule has 8 heteroatoms. The van der Waals surface area contributed by atoms with E-state index in [1.165, 1.54) is 18.3 Å². The van der Waals surface area contributed by atoms with Gasteiger partial charge < -0.3 is 4.74 Å². The Kier molecular flexibility index (Phi) is 7.49. The van der Waals surface area contributed by atoms with E-state index in [-0.39, 0.29) is 17.2 Å². The molecule has 0 aliphatic heterocycles. The van der Waals surface area contributed by atoms with E-state index in [1.54, 1.807) is 30.3 Å². The molecule has 0 spiro atoms. The second-order valence-corrected chi connectivity index (χ2v) is 6.72. The number of nitrogens with zero attached hydrogens (tertiary/aromatic N) is 3. The summed E-state index contributed by atoms with van der Waals surface area (Å²) in [5, 5.41) is 13.4. The molecule has 3 rings (SSSR count). The predicted molar refractivity (Wildman–Crippen MR) is 118 cm³/mol. The summed E-state index contributed by atoms with van der Waals surface area (Å²) >= 11 is 0. The van der Waals surface area contributed by atoms with Crippen LogP contribution in [0.25, 0.3) is 11.3 Å². The zero-order valence-electron chi connectivity index (χ0n) is 17.1. The monoisotopic (exact) mass is 419 g/mol. The highest BCUT2D eigenvalue weighted by Crippen LogP contribution is 2.20. The maximum absolute atomic E-state index is 13.7. The molecule has 158 valence electrons. The van der Waals surface area contributed by atoms with Crippen LogP contribution in [0.2, 0.25) is 0 Å². The molecule has 0 unspecified atom stereocenters.